The van der Waals surface area contributed by atoms with Crippen molar-refractivity contribution < 1.29 is 9.52 Å². The lowest BCUT2D eigenvalue weighted by molar-refractivity contribution is 0.150. The van der Waals surface area contributed by atoms with Crippen LogP contribution in [0.5, 0.6) is 0 Å². The Hall–Kier alpha value is -0.510. The van der Waals surface area contributed by atoms with Crippen LogP contribution in [-0.2, 0) is 0 Å². The predicted octanol–water partition coefficient (Wildman–Crippen LogP) is 1.33. The van der Waals surface area contributed by atoms with E-state index in [-0.39, 0.29) is 12.1 Å². The van der Waals surface area contributed by atoms with Gasteiger partial charge in [-0.05, 0) is 36.7 Å². The van der Waals surface area contributed by atoms with Gasteiger partial charge in [-0.3, -0.25) is 0 Å². The number of aliphatic hydroxyl groups excluding tert-OH is 1. The Bertz CT molecular complexity index is 274. The fraction of sp³-hybridized carbons (Fsp3) is 0.500. The normalized spacial score (nSPS) is 29.5. The Balaban J connectivity index is 2.19. The summed E-state index contributed by atoms with van der Waals surface area (Å²) in [5, 5.41) is 13.0. The molecule has 2 N–H and O–H groups in total. The molecular formula is C8H10ClNO2. The first kappa shape index (κ1) is 8.10. The maximum absolute atomic E-state index is 9.49. The molecule has 2 unspecified atom stereocenters. The van der Waals surface area contributed by atoms with Gasteiger partial charge in [0.1, 0.15) is 5.76 Å². The van der Waals surface area contributed by atoms with Crippen LogP contribution < -0.4 is 5.32 Å². The van der Waals surface area contributed by atoms with Crippen LogP contribution in [0.2, 0.25) is 5.22 Å². The number of hydrogen-bond donors (Lipinski definition) is 2. The highest BCUT2D eigenvalue weighted by molar-refractivity contribution is 6.28. The number of furan rings is 1. The van der Waals surface area contributed by atoms with E-state index < -0.39 is 0 Å². The minimum absolute atomic E-state index is 0.0856. The van der Waals surface area contributed by atoms with E-state index in [0.29, 0.717) is 11.0 Å². The second-order valence-corrected chi connectivity index (χ2v) is 3.30. The molecule has 1 saturated heterocycles. The molecule has 1 aliphatic heterocycles. The summed E-state index contributed by atoms with van der Waals surface area (Å²) in [6.45, 7) is 0.824. The molecule has 3 nitrogen and oxygen atoms in total. The van der Waals surface area contributed by atoms with Crippen LogP contribution in [0.4, 0.5) is 0 Å². The number of hydrogen-bond acceptors (Lipinski definition) is 3. The smallest absolute Gasteiger partial charge is 0.193 e. The third kappa shape index (κ3) is 1.35. The fourth-order valence-corrected chi connectivity index (χ4v) is 1.63. The maximum Gasteiger partial charge on any atom is 0.193 e. The van der Waals surface area contributed by atoms with Gasteiger partial charge in [0.2, 0.25) is 0 Å². The molecule has 0 radical (unpaired) electrons. The summed E-state index contributed by atoms with van der Waals surface area (Å²) in [5.74, 6) is 0.713. The highest BCUT2D eigenvalue weighted by atomic mass is 35.5. The van der Waals surface area contributed by atoms with Gasteiger partial charge in [0.05, 0.1) is 12.1 Å². The lowest BCUT2D eigenvalue weighted by atomic mass is 10.1. The molecule has 2 heterocycles. The molecule has 2 atom stereocenters. The van der Waals surface area contributed by atoms with Crippen molar-refractivity contribution in [3.05, 3.63) is 23.1 Å². The van der Waals surface area contributed by atoms with Gasteiger partial charge in [-0.25, -0.2) is 0 Å². The van der Waals surface area contributed by atoms with Gasteiger partial charge < -0.3 is 14.8 Å². The van der Waals surface area contributed by atoms with Crippen molar-refractivity contribution in [2.75, 3.05) is 6.54 Å². The van der Waals surface area contributed by atoms with Crippen LogP contribution in [0.25, 0.3) is 0 Å². The molecule has 1 aromatic rings. The standard InChI is InChI=1S/C8H10ClNO2/c9-7-2-1-6(12-7)8-5(11)3-4-10-8/h1-2,5,8,10-11H,3-4H2. The van der Waals surface area contributed by atoms with Crippen LogP contribution in [-0.4, -0.2) is 17.8 Å². The SMILES string of the molecule is OC1CCNC1c1ccc(Cl)o1. The zero-order valence-electron chi connectivity index (χ0n) is 6.46. The summed E-state index contributed by atoms with van der Waals surface area (Å²) >= 11 is 5.61. The monoisotopic (exact) mass is 187 g/mol. The molecule has 4 heteroatoms. The maximum atomic E-state index is 9.49. The van der Waals surface area contributed by atoms with E-state index in [2.05, 4.69) is 5.32 Å². The average molecular weight is 188 g/mol. The molecular weight excluding hydrogens is 178 g/mol. The predicted molar refractivity (Wildman–Crippen MR) is 45.1 cm³/mol. The van der Waals surface area contributed by atoms with Gasteiger partial charge >= 0.3 is 0 Å². The lowest BCUT2D eigenvalue weighted by Crippen LogP contribution is -2.20. The number of aliphatic hydroxyl groups is 1. The second-order valence-electron chi connectivity index (χ2n) is 2.93. The highest BCUT2D eigenvalue weighted by Gasteiger charge is 2.28. The minimum atomic E-state index is -0.354. The Morgan fingerprint density at radius 3 is 2.92 bits per heavy atom. The van der Waals surface area contributed by atoms with E-state index in [4.69, 9.17) is 16.0 Å². The van der Waals surface area contributed by atoms with E-state index in [1.54, 1.807) is 12.1 Å². The highest BCUT2D eigenvalue weighted by Crippen LogP contribution is 2.26. The Morgan fingerprint density at radius 2 is 2.42 bits per heavy atom. The molecule has 0 amide bonds. The van der Waals surface area contributed by atoms with Gasteiger partial charge in [-0.15, -0.1) is 0 Å². The third-order valence-electron chi connectivity index (χ3n) is 2.09. The van der Waals surface area contributed by atoms with Crippen LogP contribution in [0, 0.1) is 0 Å². The van der Waals surface area contributed by atoms with Crippen molar-refractivity contribution in [3.8, 4) is 0 Å². The van der Waals surface area contributed by atoms with Crippen molar-refractivity contribution in [1.82, 2.24) is 5.32 Å². The van der Waals surface area contributed by atoms with Crippen molar-refractivity contribution in [2.45, 2.75) is 18.6 Å². The van der Waals surface area contributed by atoms with Crippen molar-refractivity contribution in [3.63, 3.8) is 0 Å². The van der Waals surface area contributed by atoms with Gasteiger partial charge in [0.15, 0.2) is 5.22 Å². The number of rotatable bonds is 1. The summed E-state index contributed by atoms with van der Waals surface area (Å²) < 4.78 is 5.18. The first-order valence-electron chi connectivity index (χ1n) is 3.94. The molecule has 2 rings (SSSR count). The van der Waals surface area contributed by atoms with Gasteiger partial charge in [-0.1, -0.05) is 0 Å². The molecule has 0 aromatic carbocycles. The minimum Gasteiger partial charge on any atom is -0.448 e. The molecule has 1 aliphatic rings. The molecule has 0 aliphatic carbocycles. The molecule has 0 saturated carbocycles. The van der Waals surface area contributed by atoms with E-state index >= 15 is 0 Å². The molecule has 1 fully saturated rings. The molecule has 0 spiro atoms. The zero-order valence-corrected chi connectivity index (χ0v) is 7.21. The zero-order chi connectivity index (χ0) is 8.55. The third-order valence-corrected chi connectivity index (χ3v) is 2.29. The molecule has 66 valence electrons. The average Bonchev–Trinajstić information content (AvgIpc) is 2.58. The molecule has 0 bridgehead atoms. The number of halogens is 1. The largest absolute Gasteiger partial charge is 0.448 e. The van der Waals surface area contributed by atoms with Crippen molar-refractivity contribution >= 4 is 11.6 Å². The van der Waals surface area contributed by atoms with Gasteiger partial charge in [0.25, 0.3) is 0 Å². The first-order valence-corrected chi connectivity index (χ1v) is 4.32. The van der Waals surface area contributed by atoms with E-state index in [1.807, 2.05) is 0 Å². The Kier molecular flexibility index (Phi) is 2.09. The van der Waals surface area contributed by atoms with E-state index in [9.17, 15) is 5.11 Å². The Morgan fingerprint density at radius 1 is 1.58 bits per heavy atom. The van der Waals surface area contributed by atoms with Crippen molar-refractivity contribution in [1.29, 1.82) is 0 Å². The summed E-state index contributed by atoms with van der Waals surface area (Å²) in [5.41, 5.74) is 0. The van der Waals surface area contributed by atoms with Crippen LogP contribution in [0.3, 0.4) is 0 Å². The van der Waals surface area contributed by atoms with Gasteiger partial charge in [0, 0.05) is 0 Å². The van der Waals surface area contributed by atoms with Gasteiger partial charge in [-0.2, -0.15) is 0 Å². The quantitative estimate of drug-likeness (QED) is 0.697. The van der Waals surface area contributed by atoms with E-state index in [0.717, 1.165) is 13.0 Å². The molecule has 12 heavy (non-hydrogen) atoms. The van der Waals surface area contributed by atoms with Crippen molar-refractivity contribution in [2.24, 2.45) is 0 Å². The topological polar surface area (TPSA) is 45.4 Å². The summed E-state index contributed by atoms with van der Waals surface area (Å²) in [6.07, 6.45) is 0.412. The van der Waals surface area contributed by atoms with E-state index in [1.165, 1.54) is 0 Å². The van der Waals surface area contributed by atoms with Crippen LogP contribution in [0.15, 0.2) is 16.5 Å². The lowest BCUT2D eigenvalue weighted by Gasteiger charge is -2.10. The second kappa shape index (κ2) is 3.09. The molecule has 1 aromatic heterocycles. The number of nitrogens with one attached hydrogen (secondary N) is 1. The Labute approximate surface area is 75.3 Å². The fourth-order valence-electron chi connectivity index (χ4n) is 1.48. The summed E-state index contributed by atoms with van der Waals surface area (Å²) in [6, 6.07) is 3.38. The first-order chi connectivity index (χ1) is 5.77. The summed E-state index contributed by atoms with van der Waals surface area (Å²) in [7, 11) is 0. The summed E-state index contributed by atoms with van der Waals surface area (Å²) in [4.78, 5) is 0. The van der Waals surface area contributed by atoms with Crippen LogP contribution >= 0.6 is 11.6 Å². The van der Waals surface area contributed by atoms with Crippen LogP contribution in [0.1, 0.15) is 18.2 Å².